The number of rotatable bonds is 3. The molecule has 1 aromatic carbocycles. The second-order valence-corrected chi connectivity index (χ2v) is 5.32. The monoisotopic (exact) mass is 287 g/mol. The van der Waals surface area contributed by atoms with Crippen LogP contribution in [-0.4, -0.2) is 27.1 Å². The Morgan fingerprint density at radius 2 is 2.00 bits per heavy atom. The molecule has 1 saturated carbocycles. The number of hydrogen-bond donors (Lipinski definition) is 0. The van der Waals surface area contributed by atoms with Gasteiger partial charge in [-0.05, 0) is 37.8 Å². The predicted octanol–water partition coefficient (Wildman–Crippen LogP) is 1.67. The van der Waals surface area contributed by atoms with Gasteiger partial charge in [0, 0.05) is 0 Å². The highest BCUT2D eigenvalue weighted by Crippen LogP contribution is 2.20. The van der Waals surface area contributed by atoms with Crippen molar-refractivity contribution in [2.45, 2.75) is 44.8 Å². The van der Waals surface area contributed by atoms with E-state index in [1.165, 1.54) is 6.42 Å². The van der Waals surface area contributed by atoms with Gasteiger partial charge in [0.15, 0.2) is 0 Å². The van der Waals surface area contributed by atoms with Crippen molar-refractivity contribution in [1.82, 2.24) is 15.0 Å². The lowest BCUT2D eigenvalue weighted by atomic mass is 9.98. The lowest BCUT2D eigenvalue weighted by molar-refractivity contribution is -0.151. The number of ether oxygens (including phenoxy) is 1. The van der Waals surface area contributed by atoms with Gasteiger partial charge in [-0.15, -0.1) is 5.10 Å². The first-order valence-electron chi connectivity index (χ1n) is 7.26. The van der Waals surface area contributed by atoms with Gasteiger partial charge in [0.1, 0.15) is 18.2 Å². The zero-order valence-corrected chi connectivity index (χ0v) is 11.7. The first kappa shape index (κ1) is 13.7. The Morgan fingerprint density at radius 1 is 1.24 bits per heavy atom. The van der Waals surface area contributed by atoms with Gasteiger partial charge in [-0.25, -0.2) is 0 Å². The Bertz CT molecular complexity index is 705. The molecule has 1 heterocycles. The number of nitrogens with zero attached hydrogens (tertiary/aromatic N) is 3. The van der Waals surface area contributed by atoms with Gasteiger partial charge in [-0.3, -0.25) is 9.59 Å². The van der Waals surface area contributed by atoms with E-state index in [0.29, 0.717) is 10.9 Å². The van der Waals surface area contributed by atoms with Gasteiger partial charge in [0.05, 0.1) is 5.39 Å². The van der Waals surface area contributed by atoms with E-state index < -0.39 is 5.97 Å². The summed E-state index contributed by atoms with van der Waals surface area (Å²) >= 11 is 0. The number of fused-ring (bicyclic) bond motifs is 1. The maximum absolute atomic E-state index is 12.2. The molecule has 0 bridgehead atoms. The number of esters is 1. The molecule has 0 saturated heterocycles. The molecule has 6 heteroatoms. The molecule has 1 aromatic heterocycles. The zero-order chi connectivity index (χ0) is 14.7. The average Bonchev–Trinajstić information content (AvgIpc) is 2.51. The van der Waals surface area contributed by atoms with Gasteiger partial charge in [0.25, 0.3) is 5.56 Å². The SMILES string of the molecule is O=C(Cn1nnc2ccccc2c1=O)OC1CCCCC1. The van der Waals surface area contributed by atoms with Crippen LogP contribution in [0.25, 0.3) is 10.9 Å². The van der Waals surface area contributed by atoms with E-state index in [1.807, 2.05) is 0 Å². The third kappa shape index (κ3) is 3.09. The van der Waals surface area contributed by atoms with E-state index in [4.69, 9.17) is 4.74 Å². The molecule has 0 radical (unpaired) electrons. The van der Waals surface area contributed by atoms with Crippen LogP contribution in [0.3, 0.4) is 0 Å². The second kappa shape index (κ2) is 6.03. The Hall–Kier alpha value is -2.24. The molecule has 0 N–H and O–H groups in total. The summed E-state index contributed by atoms with van der Waals surface area (Å²) in [5.74, 6) is -0.423. The predicted molar refractivity (Wildman–Crippen MR) is 76.8 cm³/mol. The highest BCUT2D eigenvalue weighted by Gasteiger charge is 2.18. The van der Waals surface area contributed by atoms with E-state index in [2.05, 4.69) is 10.3 Å². The number of aromatic nitrogens is 3. The highest BCUT2D eigenvalue weighted by atomic mass is 16.5. The summed E-state index contributed by atoms with van der Waals surface area (Å²) in [6.45, 7) is -0.187. The lowest BCUT2D eigenvalue weighted by Gasteiger charge is -2.21. The van der Waals surface area contributed by atoms with E-state index >= 15 is 0 Å². The molecule has 1 fully saturated rings. The number of benzene rings is 1. The molecule has 110 valence electrons. The van der Waals surface area contributed by atoms with Crippen molar-refractivity contribution in [3.63, 3.8) is 0 Å². The van der Waals surface area contributed by atoms with E-state index in [1.54, 1.807) is 24.3 Å². The molecule has 2 aromatic rings. The minimum Gasteiger partial charge on any atom is -0.461 e. The van der Waals surface area contributed by atoms with Crippen LogP contribution in [0.4, 0.5) is 0 Å². The van der Waals surface area contributed by atoms with Crippen molar-refractivity contribution in [3.8, 4) is 0 Å². The Labute approximate surface area is 121 Å². The molecular formula is C15H17N3O3. The van der Waals surface area contributed by atoms with Crippen molar-refractivity contribution in [3.05, 3.63) is 34.6 Å². The summed E-state index contributed by atoms with van der Waals surface area (Å²) in [4.78, 5) is 24.1. The number of hydrogen-bond acceptors (Lipinski definition) is 5. The van der Waals surface area contributed by atoms with Gasteiger partial charge in [0.2, 0.25) is 0 Å². The first-order valence-corrected chi connectivity index (χ1v) is 7.26. The van der Waals surface area contributed by atoms with Gasteiger partial charge >= 0.3 is 5.97 Å². The quantitative estimate of drug-likeness (QED) is 0.803. The number of carbonyl (C=O) groups is 1. The van der Waals surface area contributed by atoms with Crippen molar-refractivity contribution in [1.29, 1.82) is 0 Å². The van der Waals surface area contributed by atoms with E-state index in [0.717, 1.165) is 30.4 Å². The second-order valence-electron chi connectivity index (χ2n) is 5.32. The normalized spacial score (nSPS) is 16.0. The number of carbonyl (C=O) groups excluding carboxylic acids is 1. The third-order valence-electron chi connectivity index (χ3n) is 3.76. The molecule has 1 aliphatic rings. The highest BCUT2D eigenvalue weighted by molar-refractivity contribution is 5.77. The fourth-order valence-corrected chi connectivity index (χ4v) is 2.66. The molecule has 0 aliphatic heterocycles. The van der Waals surface area contributed by atoms with Crippen molar-refractivity contribution < 1.29 is 9.53 Å². The minimum absolute atomic E-state index is 0.0182. The third-order valence-corrected chi connectivity index (χ3v) is 3.76. The van der Waals surface area contributed by atoms with Crippen LogP contribution >= 0.6 is 0 Å². The smallest absolute Gasteiger partial charge is 0.328 e. The van der Waals surface area contributed by atoms with E-state index in [-0.39, 0.29) is 18.2 Å². The summed E-state index contributed by atoms with van der Waals surface area (Å²) in [6, 6.07) is 6.94. The van der Waals surface area contributed by atoms with Crippen LogP contribution in [0.5, 0.6) is 0 Å². The largest absolute Gasteiger partial charge is 0.461 e. The molecule has 6 nitrogen and oxygen atoms in total. The van der Waals surface area contributed by atoms with Crippen LogP contribution in [0, 0.1) is 0 Å². The standard InChI is InChI=1S/C15H17N3O3/c19-14(21-11-6-2-1-3-7-11)10-18-15(20)12-8-4-5-9-13(12)16-17-18/h4-5,8-9,11H,1-3,6-7,10H2. The summed E-state index contributed by atoms with van der Waals surface area (Å²) < 4.78 is 6.46. The van der Waals surface area contributed by atoms with Crippen LogP contribution in [-0.2, 0) is 16.1 Å². The van der Waals surface area contributed by atoms with Gasteiger partial charge < -0.3 is 4.74 Å². The Morgan fingerprint density at radius 3 is 2.81 bits per heavy atom. The molecular weight excluding hydrogens is 270 g/mol. The topological polar surface area (TPSA) is 74.1 Å². The van der Waals surface area contributed by atoms with Crippen LogP contribution < -0.4 is 5.56 Å². The Kier molecular flexibility index (Phi) is 3.94. The van der Waals surface area contributed by atoms with Crippen LogP contribution in [0.2, 0.25) is 0 Å². The van der Waals surface area contributed by atoms with Crippen molar-refractivity contribution in [2.75, 3.05) is 0 Å². The average molecular weight is 287 g/mol. The van der Waals surface area contributed by atoms with Gasteiger partial charge in [-0.1, -0.05) is 23.8 Å². The fourth-order valence-electron chi connectivity index (χ4n) is 2.66. The van der Waals surface area contributed by atoms with Crippen molar-refractivity contribution in [2.24, 2.45) is 0 Å². The molecule has 3 rings (SSSR count). The molecule has 0 spiro atoms. The van der Waals surface area contributed by atoms with Crippen LogP contribution in [0.1, 0.15) is 32.1 Å². The molecule has 1 aliphatic carbocycles. The summed E-state index contributed by atoms with van der Waals surface area (Å²) in [5.41, 5.74) is 0.209. The molecule has 0 amide bonds. The molecule has 0 unspecified atom stereocenters. The van der Waals surface area contributed by atoms with E-state index in [9.17, 15) is 9.59 Å². The summed E-state index contributed by atoms with van der Waals surface area (Å²) in [6.07, 6.45) is 5.18. The minimum atomic E-state index is -0.423. The summed E-state index contributed by atoms with van der Waals surface area (Å²) in [7, 11) is 0. The lowest BCUT2D eigenvalue weighted by Crippen LogP contribution is -2.31. The maximum Gasteiger partial charge on any atom is 0.328 e. The summed E-state index contributed by atoms with van der Waals surface area (Å²) in [5, 5.41) is 8.20. The van der Waals surface area contributed by atoms with Crippen LogP contribution in [0.15, 0.2) is 29.1 Å². The molecule has 21 heavy (non-hydrogen) atoms. The first-order chi connectivity index (χ1) is 10.2. The fraction of sp³-hybridized carbons (Fsp3) is 0.467. The zero-order valence-electron chi connectivity index (χ0n) is 11.7. The maximum atomic E-state index is 12.2. The van der Waals surface area contributed by atoms with Gasteiger partial charge in [-0.2, -0.15) is 4.68 Å². The molecule has 0 atom stereocenters. The van der Waals surface area contributed by atoms with Crippen molar-refractivity contribution >= 4 is 16.9 Å². The Balaban J connectivity index is 1.73.